The van der Waals surface area contributed by atoms with Crippen LogP contribution in [0.5, 0.6) is 0 Å². The average Bonchev–Trinajstić information content (AvgIpc) is 2.59. The van der Waals surface area contributed by atoms with Crippen molar-refractivity contribution in [3.05, 3.63) is 34.3 Å². The van der Waals surface area contributed by atoms with Crippen molar-refractivity contribution in [2.45, 2.75) is 32.1 Å². The first-order chi connectivity index (χ1) is 11.1. The Kier molecular flexibility index (Phi) is 5.36. The minimum absolute atomic E-state index is 0.0412. The number of nitrogens with one attached hydrogen (secondary N) is 1. The van der Waals surface area contributed by atoms with E-state index in [0.29, 0.717) is 11.5 Å². The number of carbonyl (C=O) groups excluding carboxylic acids is 2. The first kappa shape index (κ1) is 16.5. The van der Waals surface area contributed by atoms with Crippen molar-refractivity contribution in [1.82, 2.24) is 10.2 Å². The Morgan fingerprint density at radius 1 is 1.09 bits per heavy atom. The zero-order chi connectivity index (χ0) is 16.2. The summed E-state index contributed by atoms with van der Waals surface area (Å²) in [7, 11) is 0. The molecular weight excluding hydrogens is 356 g/mol. The molecule has 1 saturated carbocycles. The summed E-state index contributed by atoms with van der Waals surface area (Å²) < 4.78 is 0.931. The van der Waals surface area contributed by atoms with Crippen LogP contribution in [0, 0.1) is 11.8 Å². The van der Waals surface area contributed by atoms with Gasteiger partial charge in [-0.25, -0.2) is 0 Å². The molecular formula is C18H23BrN2O2. The molecule has 0 bridgehead atoms. The van der Waals surface area contributed by atoms with Gasteiger partial charge in [0.05, 0.1) is 6.54 Å². The Hall–Kier alpha value is -1.36. The maximum atomic E-state index is 12.4. The number of fused-ring (bicyclic) bond motifs is 1. The highest BCUT2D eigenvalue weighted by Gasteiger charge is 2.32. The first-order valence-electron chi connectivity index (χ1n) is 8.45. The predicted molar refractivity (Wildman–Crippen MR) is 93.1 cm³/mol. The molecule has 1 saturated heterocycles. The molecule has 1 aromatic carbocycles. The number of carbonyl (C=O) groups is 2. The van der Waals surface area contributed by atoms with Crippen molar-refractivity contribution in [3.63, 3.8) is 0 Å². The molecule has 23 heavy (non-hydrogen) atoms. The third kappa shape index (κ3) is 4.14. The molecule has 0 spiro atoms. The minimum atomic E-state index is -0.196. The largest absolute Gasteiger partial charge is 0.343 e. The van der Waals surface area contributed by atoms with E-state index in [1.807, 2.05) is 17.0 Å². The van der Waals surface area contributed by atoms with Crippen molar-refractivity contribution in [3.8, 4) is 0 Å². The van der Waals surface area contributed by atoms with E-state index in [2.05, 4.69) is 21.2 Å². The maximum Gasteiger partial charge on any atom is 0.251 e. The SMILES string of the molecule is O=C(NCC(=O)N1CC[C@H]2CCCC[C@H]2C1)c1ccc(Br)cc1. The summed E-state index contributed by atoms with van der Waals surface area (Å²) >= 11 is 3.34. The van der Waals surface area contributed by atoms with Gasteiger partial charge >= 0.3 is 0 Å². The summed E-state index contributed by atoms with van der Waals surface area (Å²) in [6, 6.07) is 7.14. The molecule has 1 aromatic rings. The fourth-order valence-electron chi connectivity index (χ4n) is 3.80. The van der Waals surface area contributed by atoms with Gasteiger partial charge < -0.3 is 10.2 Å². The van der Waals surface area contributed by atoms with Gasteiger partial charge in [-0.2, -0.15) is 0 Å². The van der Waals surface area contributed by atoms with E-state index >= 15 is 0 Å². The number of hydrogen-bond acceptors (Lipinski definition) is 2. The molecule has 0 radical (unpaired) electrons. The first-order valence-corrected chi connectivity index (χ1v) is 9.24. The second kappa shape index (κ2) is 7.47. The Morgan fingerprint density at radius 2 is 1.78 bits per heavy atom. The van der Waals surface area contributed by atoms with Gasteiger partial charge in [0.2, 0.25) is 5.91 Å². The van der Waals surface area contributed by atoms with Crippen LogP contribution in [0.3, 0.4) is 0 Å². The van der Waals surface area contributed by atoms with Gasteiger partial charge in [0, 0.05) is 23.1 Å². The van der Waals surface area contributed by atoms with E-state index in [-0.39, 0.29) is 18.4 Å². The van der Waals surface area contributed by atoms with Gasteiger partial charge in [0.1, 0.15) is 0 Å². The number of rotatable bonds is 3. The summed E-state index contributed by atoms with van der Waals surface area (Å²) in [4.78, 5) is 26.4. The van der Waals surface area contributed by atoms with Crippen LogP contribution in [0.15, 0.2) is 28.7 Å². The number of nitrogens with zero attached hydrogens (tertiary/aromatic N) is 1. The Morgan fingerprint density at radius 3 is 2.52 bits per heavy atom. The van der Waals surface area contributed by atoms with Crippen LogP contribution >= 0.6 is 15.9 Å². The molecule has 4 nitrogen and oxygen atoms in total. The Balaban J connectivity index is 1.49. The van der Waals surface area contributed by atoms with Crippen LogP contribution in [0.1, 0.15) is 42.5 Å². The van der Waals surface area contributed by atoms with Crippen molar-refractivity contribution >= 4 is 27.7 Å². The standard InChI is InChI=1S/C18H23BrN2O2/c19-16-7-5-14(6-8-16)18(23)20-11-17(22)21-10-9-13-3-1-2-4-15(13)12-21/h5-8,13,15H,1-4,9-12H2,(H,20,23)/t13-,15+/m1/s1. The molecule has 2 fully saturated rings. The number of amides is 2. The van der Waals surface area contributed by atoms with Crippen LogP contribution in [-0.2, 0) is 4.79 Å². The molecule has 2 amide bonds. The van der Waals surface area contributed by atoms with Gasteiger partial charge in [0.25, 0.3) is 5.91 Å². The van der Waals surface area contributed by atoms with Crippen LogP contribution in [0.2, 0.25) is 0 Å². The van der Waals surface area contributed by atoms with Gasteiger partial charge in [0.15, 0.2) is 0 Å². The number of piperidine rings is 1. The molecule has 3 rings (SSSR count). The van der Waals surface area contributed by atoms with E-state index in [1.54, 1.807) is 12.1 Å². The fourth-order valence-corrected chi connectivity index (χ4v) is 4.06. The lowest BCUT2D eigenvalue weighted by atomic mass is 9.75. The van der Waals surface area contributed by atoms with Gasteiger partial charge in [-0.1, -0.05) is 35.2 Å². The van der Waals surface area contributed by atoms with Gasteiger partial charge in [-0.05, 0) is 48.9 Å². The number of halogens is 1. The number of benzene rings is 1. The lowest BCUT2D eigenvalue weighted by molar-refractivity contribution is -0.133. The molecule has 1 heterocycles. The number of likely N-dealkylation sites (tertiary alicyclic amines) is 1. The molecule has 5 heteroatoms. The predicted octanol–water partition coefficient (Wildman–Crippen LogP) is 3.22. The Bertz CT molecular complexity index is 573. The van der Waals surface area contributed by atoms with Crippen LogP contribution in [0.4, 0.5) is 0 Å². The van der Waals surface area contributed by atoms with Crippen LogP contribution < -0.4 is 5.32 Å². The molecule has 1 aliphatic carbocycles. The molecule has 0 aromatic heterocycles. The van der Waals surface area contributed by atoms with E-state index < -0.39 is 0 Å². The molecule has 1 N–H and O–H groups in total. The third-order valence-corrected chi connectivity index (χ3v) is 5.68. The van der Waals surface area contributed by atoms with E-state index in [1.165, 1.54) is 25.7 Å². The maximum absolute atomic E-state index is 12.4. The van der Waals surface area contributed by atoms with Crippen molar-refractivity contribution in [1.29, 1.82) is 0 Å². The van der Waals surface area contributed by atoms with Gasteiger partial charge in [-0.15, -0.1) is 0 Å². The quantitative estimate of drug-likeness (QED) is 0.877. The second-order valence-electron chi connectivity index (χ2n) is 6.62. The van der Waals surface area contributed by atoms with Crippen molar-refractivity contribution < 1.29 is 9.59 Å². The van der Waals surface area contributed by atoms with E-state index in [9.17, 15) is 9.59 Å². The highest BCUT2D eigenvalue weighted by Crippen LogP contribution is 2.35. The lowest BCUT2D eigenvalue weighted by Crippen LogP contribution is -2.48. The highest BCUT2D eigenvalue weighted by atomic mass is 79.9. The summed E-state index contributed by atoms with van der Waals surface area (Å²) in [5.41, 5.74) is 0.576. The average molecular weight is 379 g/mol. The summed E-state index contributed by atoms with van der Waals surface area (Å²) in [6.07, 6.45) is 6.34. The Labute approximate surface area is 145 Å². The zero-order valence-electron chi connectivity index (χ0n) is 13.3. The monoisotopic (exact) mass is 378 g/mol. The smallest absolute Gasteiger partial charge is 0.251 e. The van der Waals surface area contributed by atoms with E-state index in [0.717, 1.165) is 29.9 Å². The fraction of sp³-hybridized carbons (Fsp3) is 0.556. The molecule has 2 aliphatic rings. The summed E-state index contributed by atoms with van der Waals surface area (Å²) in [6.45, 7) is 1.80. The third-order valence-electron chi connectivity index (χ3n) is 5.15. The highest BCUT2D eigenvalue weighted by molar-refractivity contribution is 9.10. The lowest BCUT2D eigenvalue weighted by Gasteiger charge is -2.41. The molecule has 2 atom stereocenters. The molecule has 0 unspecified atom stereocenters. The zero-order valence-corrected chi connectivity index (χ0v) is 14.8. The summed E-state index contributed by atoms with van der Waals surface area (Å²) in [5, 5.41) is 2.74. The normalized spacial score (nSPS) is 24.0. The van der Waals surface area contributed by atoms with Gasteiger partial charge in [-0.3, -0.25) is 9.59 Å². The van der Waals surface area contributed by atoms with Crippen molar-refractivity contribution in [2.24, 2.45) is 11.8 Å². The topological polar surface area (TPSA) is 49.4 Å². The van der Waals surface area contributed by atoms with Crippen LogP contribution in [-0.4, -0.2) is 36.3 Å². The molecule has 124 valence electrons. The van der Waals surface area contributed by atoms with Crippen molar-refractivity contribution in [2.75, 3.05) is 19.6 Å². The minimum Gasteiger partial charge on any atom is -0.343 e. The number of hydrogen-bond donors (Lipinski definition) is 1. The van der Waals surface area contributed by atoms with Crippen LogP contribution in [0.25, 0.3) is 0 Å². The summed E-state index contributed by atoms with van der Waals surface area (Å²) in [5.74, 6) is 1.33. The van der Waals surface area contributed by atoms with E-state index in [4.69, 9.17) is 0 Å². The molecule has 1 aliphatic heterocycles. The second-order valence-corrected chi connectivity index (χ2v) is 7.54.